The summed E-state index contributed by atoms with van der Waals surface area (Å²) >= 11 is 0. The molecule has 176 valence electrons. The van der Waals surface area contributed by atoms with Crippen LogP contribution in [0.15, 0.2) is 108 Å². The largest absolute Gasteiger partial charge is 0.481 e. The van der Waals surface area contributed by atoms with E-state index in [4.69, 9.17) is 4.74 Å². The Balaban J connectivity index is 1.38. The molecule has 0 aromatic heterocycles. The normalized spacial score (nSPS) is 21.4. The molecule has 0 spiro atoms. The summed E-state index contributed by atoms with van der Waals surface area (Å²) in [6.45, 7) is 9.74. The lowest BCUT2D eigenvalue weighted by Gasteiger charge is -2.51. The van der Waals surface area contributed by atoms with Crippen molar-refractivity contribution in [3.8, 4) is 22.3 Å². The van der Waals surface area contributed by atoms with Crippen molar-refractivity contribution in [2.75, 3.05) is 0 Å². The van der Waals surface area contributed by atoms with Gasteiger partial charge in [-0.25, -0.2) is 0 Å². The molecule has 2 heterocycles. The molecule has 2 heteroatoms. The maximum Gasteiger partial charge on any atom is 0.145 e. The van der Waals surface area contributed by atoms with E-state index in [-0.39, 0.29) is 5.22 Å². The third kappa shape index (κ3) is 2.60. The highest BCUT2D eigenvalue weighted by Crippen LogP contribution is 2.67. The topological polar surface area (TPSA) is 9.23 Å². The predicted octanol–water partition coefficient (Wildman–Crippen LogP) is 8.98. The monoisotopic (exact) mass is 482 g/mol. The summed E-state index contributed by atoms with van der Waals surface area (Å²) in [7, 11) is -2.12. The van der Waals surface area contributed by atoms with Crippen molar-refractivity contribution in [1.29, 1.82) is 0 Å². The van der Waals surface area contributed by atoms with Crippen LogP contribution in [0, 0.1) is 0 Å². The van der Waals surface area contributed by atoms with Crippen LogP contribution < -0.4 is 0 Å². The van der Waals surface area contributed by atoms with Gasteiger partial charge < -0.3 is 4.74 Å². The Labute approximate surface area is 214 Å². The quantitative estimate of drug-likeness (QED) is 0.264. The smallest absolute Gasteiger partial charge is 0.145 e. The van der Waals surface area contributed by atoms with Gasteiger partial charge in [-0.2, -0.15) is 0 Å². The molecule has 2 atom stereocenters. The van der Waals surface area contributed by atoms with Gasteiger partial charge in [-0.3, -0.25) is 0 Å². The molecule has 2 aliphatic carbocycles. The molecule has 4 aromatic rings. The highest BCUT2D eigenvalue weighted by Gasteiger charge is 2.67. The zero-order chi connectivity index (χ0) is 24.7. The molecule has 8 rings (SSSR count). The number of fused-ring (bicyclic) bond motifs is 1. The molecule has 2 unspecified atom stereocenters. The lowest BCUT2D eigenvalue weighted by atomic mass is 9.97. The summed E-state index contributed by atoms with van der Waals surface area (Å²) in [4.78, 5) is 0. The van der Waals surface area contributed by atoms with Gasteiger partial charge in [-0.15, -0.1) is 0 Å². The minimum atomic E-state index is -2.12. The second-order valence-corrected chi connectivity index (χ2v) is 15.8. The Kier molecular flexibility index (Phi) is 4.47. The number of hydrogen-bond donors (Lipinski definition) is 0. The van der Waals surface area contributed by atoms with Crippen molar-refractivity contribution < 1.29 is 4.74 Å². The molecule has 1 nitrogen and oxygen atoms in total. The van der Waals surface area contributed by atoms with Crippen LogP contribution in [0.25, 0.3) is 34.1 Å². The first kappa shape index (κ1) is 21.6. The molecule has 36 heavy (non-hydrogen) atoms. The molecule has 0 saturated carbocycles. The Morgan fingerprint density at radius 1 is 0.694 bits per heavy atom. The van der Waals surface area contributed by atoms with E-state index >= 15 is 0 Å². The van der Waals surface area contributed by atoms with E-state index in [0.717, 1.165) is 5.76 Å². The highest BCUT2D eigenvalue weighted by atomic mass is 28.3. The van der Waals surface area contributed by atoms with Crippen LogP contribution in [0.2, 0.25) is 13.1 Å². The molecule has 2 aliphatic heterocycles. The van der Waals surface area contributed by atoms with E-state index in [1.54, 1.807) is 0 Å². The first-order valence-electron chi connectivity index (χ1n) is 12.9. The van der Waals surface area contributed by atoms with Gasteiger partial charge in [0.2, 0.25) is 0 Å². The Bertz CT molecular complexity index is 1590. The second kappa shape index (κ2) is 7.44. The maximum atomic E-state index is 6.95. The third-order valence-corrected chi connectivity index (χ3v) is 13.6. The van der Waals surface area contributed by atoms with Gasteiger partial charge in [0, 0.05) is 22.2 Å². The lowest BCUT2D eigenvalue weighted by Crippen LogP contribution is -2.59. The third-order valence-electron chi connectivity index (χ3n) is 8.87. The number of hydrogen-bond acceptors (Lipinski definition) is 1. The van der Waals surface area contributed by atoms with Crippen LogP contribution in [0.1, 0.15) is 41.6 Å². The fourth-order valence-electron chi connectivity index (χ4n) is 7.41. The van der Waals surface area contributed by atoms with Crippen LogP contribution in [0.4, 0.5) is 0 Å². The summed E-state index contributed by atoms with van der Waals surface area (Å²) in [5.74, 6) is 1.11. The molecular weight excluding hydrogens is 452 g/mol. The standard InChI is InChI=1S/C34H30OSi/c1-22-21-29-26(24-13-7-5-8-14-24)17-11-19-28(29)33(22)36(3,4)34-23(2)32(35-34)31-27(18-12-20-30(31)34)25-15-9-6-10-16-25/h5-21,33H,1-4H3. The van der Waals surface area contributed by atoms with Gasteiger partial charge in [0.05, 0.1) is 0 Å². The fourth-order valence-corrected chi connectivity index (χ4v) is 12.4. The Morgan fingerprint density at radius 2 is 1.31 bits per heavy atom. The van der Waals surface area contributed by atoms with Crippen molar-refractivity contribution in [1.82, 2.24) is 0 Å². The van der Waals surface area contributed by atoms with Crippen molar-refractivity contribution in [3.63, 3.8) is 0 Å². The van der Waals surface area contributed by atoms with Crippen molar-refractivity contribution in [3.05, 3.63) is 130 Å². The molecule has 4 aliphatic rings. The van der Waals surface area contributed by atoms with Gasteiger partial charge in [-0.05, 0) is 47.2 Å². The average Bonchev–Trinajstić information content (AvgIpc) is 3.53. The predicted molar refractivity (Wildman–Crippen MR) is 153 cm³/mol. The van der Waals surface area contributed by atoms with Crippen molar-refractivity contribution in [2.45, 2.75) is 37.7 Å². The van der Waals surface area contributed by atoms with E-state index in [2.05, 4.69) is 130 Å². The highest BCUT2D eigenvalue weighted by molar-refractivity contribution is 6.83. The number of rotatable bonds is 4. The first-order chi connectivity index (χ1) is 17.4. The van der Waals surface area contributed by atoms with E-state index in [0.29, 0.717) is 5.54 Å². The zero-order valence-corrected chi connectivity index (χ0v) is 22.3. The van der Waals surface area contributed by atoms with Gasteiger partial charge >= 0.3 is 0 Å². The molecule has 4 aromatic carbocycles. The number of allylic oxidation sites excluding steroid dienone is 1. The molecule has 0 N–H and O–H groups in total. The van der Waals surface area contributed by atoms with Crippen molar-refractivity contribution >= 4 is 19.9 Å². The number of ether oxygens (including phenoxy) is 1. The van der Waals surface area contributed by atoms with E-state index in [1.165, 1.54) is 55.7 Å². The van der Waals surface area contributed by atoms with Gasteiger partial charge in [0.1, 0.15) is 19.1 Å². The molecule has 0 saturated heterocycles. The first-order valence-corrected chi connectivity index (χ1v) is 16.0. The summed E-state index contributed by atoms with van der Waals surface area (Å²) in [5, 5.41) is -0.285. The lowest BCUT2D eigenvalue weighted by molar-refractivity contribution is 0.116. The van der Waals surface area contributed by atoms with Crippen LogP contribution >= 0.6 is 0 Å². The van der Waals surface area contributed by atoms with Crippen LogP contribution in [0.5, 0.6) is 0 Å². The van der Waals surface area contributed by atoms with Gasteiger partial charge in [-0.1, -0.05) is 122 Å². The van der Waals surface area contributed by atoms with Gasteiger partial charge in [0.15, 0.2) is 0 Å². The average molecular weight is 483 g/mol. The SMILES string of the molecule is CC1=Cc2c(-c3ccccc3)cccc2C1[Si](C)(C)C12OC(=C1C)c1c(-c3ccccc3)cccc12. The Hall–Kier alpha value is -3.62. The van der Waals surface area contributed by atoms with E-state index in [1.807, 2.05) is 0 Å². The van der Waals surface area contributed by atoms with Crippen LogP contribution in [-0.4, -0.2) is 8.07 Å². The molecule has 0 amide bonds. The van der Waals surface area contributed by atoms with Gasteiger partial charge in [0.25, 0.3) is 0 Å². The minimum absolute atomic E-state index is 0.285. The summed E-state index contributed by atoms with van der Waals surface area (Å²) in [6.07, 6.45) is 2.45. The van der Waals surface area contributed by atoms with Crippen LogP contribution in [0.3, 0.4) is 0 Å². The Morgan fingerprint density at radius 3 is 1.97 bits per heavy atom. The molecular formula is C34H30OSi. The fraction of sp³-hybridized carbons (Fsp3) is 0.176. The minimum Gasteiger partial charge on any atom is -0.481 e. The maximum absolute atomic E-state index is 6.95. The second-order valence-electron chi connectivity index (χ2n) is 11.0. The molecule has 2 bridgehead atoms. The zero-order valence-electron chi connectivity index (χ0n) is 21.3. The van der Waals surface area contributed by atoms with E-state index < -0.39 is 8.07 Å². The summed E-state index contributed by atoms with van der Waals surface area (Å²) in [5.41, 5.74) is 14.0. The summed E-state index contributed by atoms with van der Waals surface area (Å²) < 4.78 is 6.95. The van der Waals surface area contributed by atoms with Crippen molar-refractivity contribution in [2.24, 2.45) is 0 Å². The number of benzene rings is 4. The molecule has 0 fully saturated rings. The van der Waals surface area contributed by atoms with E-state index in [9.17, 15) is 0 Å². The molecule has 0 radical (unpaired) electrons. The van der Waals surface area contributed by atoms with Crippen LogP contribution in [-0.2, 0) is 9.96 Å². The summed E-state index contributed by atoms with van der Waals surface area (Å²) in [6, 6.07) is 35.2.